The molecule has 1 aromatic carbocycles. The van der Waals surface area contributed by atoms with Gasteiger partial charge < -0.3 is 11.1 Å². The van der Waals surface area contributed by atoms with E-state index in [1.54, 1.807) is 6.20 Å². The molecule has 2 atom stereocenters. The van der Waals surface area contributed by atoms with Crippen molar-refractivity contribution >= 4 is 29.2 Å². The molecule has 2 bridgehead atoms. The van der Waals surface area contributed by atoms with Crippen LogP contribution >= 0.6 is 12.4 Å². The number of nitrogens with two attached hydrogens (primary N) is 1. The molecule has 1 heterocycles. The van der Waals surface area contributed by atoms with Crippen molar-refractivity contribution in [2.24, 2.45) is 17.6 Å². The van der Waals surface area contributed by atoms with Crippen LogP contribution in [0.5, 0.6) is 0 Å². The highest BCUT2D eigenvalue weighted by atomic mass is 35.5. The van der Waals surface area contributed by atoms with E-state index in [1.807, 2.05) is 18.2 Å². The molecule has 2 saturated carbocycles. The van der Waals surface area contributed by atoms with E-state index in [-0.39, 0.29) is 24.4 Å². The number of halogens is 1. The molecule has 1 amide bonds. The number of benzene rings is 1. The van der Waals surface area contributed by atoms with E-state index in [4.69, 9.17) is 5.73 Å². The number of hydrogen-bond donors (Lipinski definition) is 3. The minimum absolute atomic E-state index is 0. The first kappa shape index (κ1) is 16.3. The number of aromatic nitrogens is 2. The topological polar surface area (TPSA) is 83.8 Å². The van der Waals surface area contributed by atoms with Crippen LogP contribution in [0.1, 0.15) is 42.5 Å². The molecule has 0 aliphatic heterocycles. The van der Waals surface area contributed by atoms with Crippen LogP contribution in [-0.4, -0.2) is 28.2 Å². The van der Waals surface area contributed by atoms with Gasteiger partial charge in [-0.25, -0.2) is 0 Å². The summed E-state index contributed by atoms with van der Waals surface area (Å²) in [5.41, 5.74) is 7.77. The van der Waals surface area contributed by atoms with Crippen LogP contribution in [0.15, 0.2) is 24.4 Å². The van der Waals surface area contributed by atoms with Crippen LogP contribution in [0.2, 0.25) is 0 Å². The summed E-state index contributed by atoms with van der Waals surface area (Å²) in [6.07, 6.45) is 7.44. The Morgan fingerprint density at radius 1 is 1.26 bits per heavy atom. The van der Waals surface area contributed by atoms with Crippen LogP contribution in [0.4, 0.5) is 0 Å². The summed E-state index contributed by atoms with van der Waals surface area (Å²) in [6.45, 7) is 0. The number of carbonyl (C=O) groups is 1. The maximum atomic E-state index is 12.8. The fraction of sp³-hybridized carbons (Fsp3) is 0.529. The molecule has 2 aromatic rings. The van der Waals surface area contributed by atoms with Gasteiger partial charge in [-0.05, 0) is 49.7 Å². The molecule has 0 radical (unpaired) electrons. The molecular formula is C17H23ClN4O. The smallest absolute Gasteiger partial charge is 0.252 e. The number of hydrogen-bond acceptors (Lipinski definition) is 3. The highest BCUT2D eigenvalue weighted by Gasteiger charge is 2.40. The largest absolute Gasteiger partial charge is 0.349 e. The van der Waals surface area contributed by atoms with Gasteiger partial charge in [0.25, 0.3) is 5.91 Å². The number of H-pyrrole nitrogens is 1. The zero-order valence-corrected chi connectivity index (χ0v) is 13.8. The van der Waals surface area contributed by atoms with Crippen molar-refractivity contribution in [3.63, 3.8) is 0 Å². The fourth-order valence-corrected chi connectivity index (χ4v) is 4.42. The van der Waals surface area contributed by atoms with Gasteiger partial charge in [-0.3, -0.25) is 9.89 Å². The van der Waals surface area contributed by atoms with Crippen LogP contribution in [-0.2, 0) is 0 Å². The van der Waals surface area contributed by atoms with Crippen molar-refractivity contribution in [2.75, 3.05) is 0 Å². The predicted octanol–water partition coefficient (Wildman–Crippen LogP) is 2.62. The maximum Gasteiger partial charge on any atom is 0.252 e. The summed E-state index contributed by atoms with van der Waals surface area (Å²) in [7, 11) is 0. The standard InChI is InChI=1S/C17H22N4O.ClH/c18-12-7-10-3-1-4-11(8-12)16(10)20-17(22)13-5-2-6-15-14(13)9-19-21-15;/h2,5-6,9-12,16H,1,3-4,7-8,18H2,(H,19,21)(H,20,22);1H. The van der Waals surface area contributed by atoms with E-state index in [0.717, 1.165) is 23.7 Å². The van der Waals surface area contributed by atoms with Crippen molar-refractivity contribution in [1.82, 2.24) is 15.5 Å². The Kier molecular flexibility index (Phi) is 4.60. The van der Waals surface area contributed by atoms with Crippen LogP contribution in [0, 0.1) is 11.8 Å². The summed E-state index contributed by atoms with van der Waals surface area (Å²) in [6, 6.07) is 6.29. The molecular weight excluding hydrogens is 312 g/mol. The minimum Gasteiger partial charge on any atom is -0.349 e. The summed E-state index contributed by atoms with van der Waals surface area (Å²) in [4.78, 5) is 12.8. The second kappa shape index (κ2) is 6.49. The van der Waals surface area contributed by atoms with Crippen molar-refractivity contribution < 1.29 is 4.79 Å². The van der Waals surface area contributed by atoms with Gasteiger partial charge >= 0.3 is 0 Å². The van der Waals surface area contributed by atoms with Gasteiger partial charge in [-0.2, -0.15) is 5.10 Å². The van der Waals surface area contributed by atoms with E-state index >= 15 is 0 Å². The Labute approximate surface area is 141 Å². The van der Waals surface area contributed by atoms with E-state index in [0.29, 0.717) is 23.4 Å². The number of nitrogens with zero attached hydrogens (tertiary/aromatic N) is 1. The third kappa shape index (κ3) is 2.95. The normalized spacial score (nSPS) is 29.8. The van der Waals surface area contributed by atoms with E-state index in [1.165, 1.54) is 19.3 Å². The van der Waals surface area contributed by atoms with Gasteiger partial charge in [0.05, 0.1) is 17.3 Å². The van der Waals surface area contributed by atoms with Crippen molar-refractivity contribution in [2.45, 2.75) is 44.2 Å². The van der Waals surface area contributed by atoms with Gasteiger partial charge in [0.1, 0.15) is 0 Å². The third-order valence-corrected chi connectivity index (χ3v) is 5.40. The molecule has 1 aromatic heterocycles. The highest BCUT2D eigenvalue weighted by Crippen LogP contribution is 2.39. The SMILES string of the molecule is Cl.NC1CC2CCCC(C1)C2NC(=O)c1cccc2[nH]ncc12. The van der Waals surface area contributed by atoms with Crippen molar-refractivity contribution in [1.29, 1.82) is 0 Å². The molecule has 4 rings (SSSR count). The fourth-order valence-electron chi connectivity index (χ4n) is 4.42. The average Bonchev–Trinajstić information content (AvgIpc) is 2.96. The average molecular weight is 335 g/mol. The third-order valence-electron chi connectivity index (χ3n) is 5.40. The Morgan fingerprint density at radius 3 is 2.74 bits per heavy atom. The van der Waals surface area contributed by atoms with Crippen molar-refractivity contribution in [3.05, 3.63) is 30.0 Å². The molecule has 0 saturated heterocycles. The molecule has 2 aliphatic rings. The molecule has 5 nitrogen and oxygen atoms in total. The monoisotopic (exact) mass is 334 g/mol. The zero-order chi connectivity index (χ0) is 15.1. The lowest BCUT2D eigenvalue weighted by Gasteiger charge is -2.45. The lowest BCUT2D eigenvalue weighted by atomic mass is 9.67. The lowest BCUT2D eigenvalue weighted by molar-refractivity contribution is 0.0757. The summed E-state index contributed by atoms with van der Waals surface area (Å²) < 4.78 is 0. The summed E-state index contributed by atoms with van der Waals surface area (Å²) in [5.74, 6) is 1.09. The van der Waals surface area contributed by atoms with Crippen LogP contribution in [0.3, 0.4) is 0 Å². The van der Waals surface area contributed by atoms with Gasteiger partial charge in [0, 0.05) is 17.5 Å². The number of carbonyl (C=O) groups excluding carboxylic acids is 1. The molecule has 2 unspecified atom stereocenters. The highest BCUT2D eigenvalue weighted by molar-refractivity contribution is 6.06. The van der Waals surface area contributed by atoms with Crippen molar-refractivity contribution in [3.8, 4) is 0 Å². The van der Waals surface area contributed by atoms with E-state index in [9.17, 15) is 4.79 Å². The first-order valence-electron chi connectivity index (χ1n) is 8.21. The first-order chi connectivity index (χ1) is 10.7. The second-order valence-electron chi connectivity index (χ2n) is 6.82. The van der Waals surface area contributed by atoms with E-state index < -0.39 is 0 Å². The molecule has 2 aliphatic carbocycles. The second-order valence-corrected chi connectivity index (χ2v) is 6.82. The zero-order valence-electron chi connectivity index (χ0n) is 13.0. The summed E-state index contributed by atoms with van der Waals surface area (Å²) >= 11 is 0. The van der Waals surface area contributed by atoms with Gasteiger partial charge in [0.2, 0.25) is 0 Å². The van der Waals surface area contributed by atoms with Gasteiger partial charge in [0.15, 0.2) is 0 Å². The Morgan fingerprint density at radius 2 is 2.00 bits per heavy atom. The Balaban J connectivity index is 0.00000156. The Bertz CT molecular complexity index is 687. The number of rotatable bonds is 2. The van der Waals surface area contributed by atoms with Gasteiger partial charge in [-0.15, -0.1) is 12.4 Å². The van der Waals surface area contributed by atoms with E-state index in [2.05, 4.69) is 15.5 Å². The first-order valence-corrected chi connectivity index (χ1v) is 8.21. The maximum absolute atomic E-state index is 12.8. The number of nitrogens with one attached hydrogen (secondary N) is 2. The molecule has 4 N–H and O–H groups in total. The molecule has 0 spiro atoms. The number of amides is 1. The minimum atomic E-state index is 0. The predicted molar refractivity (Wildman–Crippen MR) is 92.6 cm³/mol. The number of aromatic amines is 1. The molecule has 6 heteroatoms. The molecule has 23 heavy (non-hydrogen) atoms. The Hall–Kier alpha value is -1.59. The lowest BCUT2D eigenvalue weighted by Crippen LogP contribution is -2.53. The number of fused-ring (bicyclic) bond motifs is 3. The quantitative estimate of drug-likeness (QED) is 0.789. The summed E-state index contributed by atoms with van der Waals surface area (Å²) in [5, 5.41) is 11.1. The molecule has 2 fully saturated rings. The van der Waals surface area contributed by atoms with Crippen LogP contribution < -0.4 is 11.1 Å². The molecule has 124 valence electrons. The van der Waals surface area contributed by atoms with Gasteiger partial charge in [-0.1, -0.05) is 12.5 Å². The van der Waals surface area contributed by atoms with Crippen LogP contribution in [0.25, 0.3) is 10.9 Å².